The summed E-state index contributed by atoms with van der Waals surface area (Å²) in [7, 11) is 0. The Balaban J connectivity index is 1.01. The van der Waals surface area contributed by atoms with Gasteiger partial charge in [0.1, 0.15) is 0 Å². The molecule has 0 fully saturated rings. The number of benzene rings is 11. The van der Waals surface area contributed by atoms with E-state index >= 15 is 0 Å². The Kier molecular flexibility index (Phi) is 6.19. The average molecular weight is 719 g/mol. The van der Waals surface area contributed by atoms with Crippen LogP contribution in [-0.4, -0.2) is 0 Å². The molecule has 0 bridgehead atoms. The Morgan fingerprint density at radius 3 is 1.39 bits per heavy atom. The zero-order valence-electron chi connectivity index (χ0n) is 31.1. The molecule has 1 spiro atoms. The van der Waals surface area contributed by atoms with Gasteiger partial charge in [0.2, 0.25) is 0 Å². The smallest absolute Gasteiger partial charge is 0.0619 e. The minimum Gasteiger partial charge on any atom is -0.0619 e. The molecule has 2 aliphatic carbocycles. The van der Waals surface area contributed by atoms with Crippen molar-refractivity contribution in [1.82, 2.24) is 0 Å². The van der Waals surface area contributed by atoms with Crippen LogP contribution in [0.4, 0.5) is 0 Å². The lowest BCUT2D eigenvalue weighted by Gasteiger charge is -2.31. The van der Waals surface area contributed by atoms with E-state index in [4.69, 9.17) is 0 Å². The molecule has 11 aromatic carbocycles. The maximum Gasteiger partial charge on any atom is 0.0726 e. The molecule has 0 saturated carbocycles. The van der Waals surface area contributed by atoms with Crippen LogP contribution in [0.2, 0.25) is 0 Å². The molecule has 0 saturated heterocycles. The van der Waals surface area contributed by atoms with Crippen LogP contribution in [0.1, 0.15) is 22.3 Å². The van der Waals surface area contributed by atoms with E-state index in [-0.39, 0.29) is 5.41 Å². The molecule has 0 unspecified atom stereocenters. The molecule has 0 nitrogen and oxygen atoms in total. The summed E-state index contributed by atoms with van der Waals surface area (Å²) in [6.07, 6.45) is 0. The fourth-order valence-corrected chi connectivity index (χ4v) is 10.9. The van der Waals surface area contributed by atoms with Crippen molar-refractivity contribution in [3.63, 3.8) is 0 Å². The average Bonchev–Trinajstić information content (AvgIpc) is 3.75. The van der Waals surface area contributed by atoms with Crippen LogP contribution in [0.3, 0.4) is 0 Å². The van der Waals surface area contributed by atoms with Gasteiger partial charge >= 0.3 is 0 Å². The van der Waals surface area contributed by atoms with E-state index in [0.29, 0.717) is 0 Å². The van der Waals surface area contributed by atoms with Crippen molar-refractivity contribution in [1.29, 1.82) is 0 Å². The van der Waals surface area contributed by atoms with E-state index in [1.807, 2.05) is 0 Å². The van der Waals surface area contributed by atoms with Crippen molar-refractivity contribution in [2.75, 3.05) is 0 Å². The lowest BCUT2D eigenvalue weighted by molar-refractivity contribution is 0.797. The highest BCUT2D eigenvalue weighted by Gasteiger charge is 2.50. The molecule has 11 aromatic rings. The van der Waals surface area contributed by atoms with Gasteiger partial charge in [0, 0.05) is 0 Å². The standard InChI is InChI=1S/C57H34/c1-2-13-39-32-40(30-26-35(39)12-1)54-47-19-5-3-17-45(47)53(46-18-4-6-20-48(46)54)38-27-24-36(25-28-38)42-33-41-31-29-37-14-11-23-51-55(37)56(41)52(34-42)57(51)49-21-9-7-15-43(49)44-16-8-10-22-50(44)57/h1-34H. The van der Waals surface area contributed by atoms with Gasteiger partial charge in [0.05, 0.1) is 5.41 Å². The molecule has 0 atom stereocenters. The van der Waals surface area contributed by atoms with E-state index in [9.17, 15) is 0 Å². The van der Waals surface area contributed by atoms with Crippen LogP contribution < -0.4 is 0 Å². The fraction of sp³-hybridized carbons (Fsp3) is 0.0175. The predicted molar refractivity (Wildman–Crippen MR) is 241 cm³/mol. The minimum atomic E-state index is -0.366. The first-order valence-corrected chi connectivity index (χ1v) is 20.0. The lowest BCUT2D eigenvalue weighted by atomic mass is 9.70. The normalized spacial score (nSPS) is 13.4. The molecule has 0 radical (unpaired) electrons. The van der Waals surface area contributed by atoms with Gasteiger partial charge in [-0.3, -0.25) is 0 Å². The van der Waals surface area contributed by atoms with Crippen molar-refractivity contribution in [3.05, 3.63) is 229 Å². The van der Waals surface area contributed by atoms with Crippen molar-refractivity contribution >= 4 is 53.9 Å². The Bertz CT molecular complexity index is 3410. The zero-order chi connectivity index (χ0) is 37.2. The van der Waals surface area contributed by atoms with E-state index in [1.165, 1.54) is 121 Å². The molecular weight excluding hydrogens is 685 g/mol. The van der Waals surface area contributed by atoms with Gasteiger partial charge in [-0.05, 0) is 139 Å². The molecule has 0 aromatic heterocycles. The summed E-state index contributed by atoms with van der Waals surface area (Å²) in [5, 5.41) is 13.0. The second-order valence-corrected chi connectivity index (χ2v) is 15.9. The van der Waals surface area contributed by atoms with Crippen molar-refractivity contribution < 1.29 is 0 Å². The maximum absolute atomic E-state index is 2.51. The third-order valence-electron chi connectivity index (χ3n) is 13.2. The van der Waals surface area contributed by atoms with E-state index in [2.05, 4.69) is 206 Å². The molecule has 0 aliphatic heterocycles. The van der Waals surface area contributed by atoms with E-state index < -0.39 is 0 Å². The van der Waals surface area contributed by atoms with E-state index in [0.717, 1.165) is 0 Å². The van der Waals surface area contributed by atoms with Crippen molar-refractivity contribution in [3.8, 4) is 44.5 Å². The predicted octanol–water partition coefficient (Wildman–Crippen LogP) is 15.1. The zero-order valence-corrected chi connectivity index (χ0v) is 31.1. The van der Waals surface area contributed by atoms with Crippen LogP contribution in [0, 0.1) is 0 Å². The van der Waals surface area contributed by atoms with Crippen LogP contribution in [0.15, 0.2) is 206 Å². The quantitative estimate of drug-likeness (QED) is 0.126. The Hall–Kier alpha value is -7.28. The van der Waals surface area contributed by atoms with Gasteiger partial charge in [0.25, 0.3) is 0 Å². The molecule has 57 heavy (non-hydrogen) atoms. The highest BCUT2D eigenvalue weighted by atomic mass is 14.5. The van der Waals surface area contributed by atoms with Crippen molar-refractivity contribution in [2.45, 2.75) is 5.41 Å². The summed E-state index contributed by atoms with van der Waals surface area (Å²) in [5.41, 5.74) is 15.4. The monoisotopic (exact) mass is 718 g/mol. The summed E-state index contributed by atoms with van der Waals surface area (Å²) in [6.45, 7) is 0. The van der Waals surface area contributed by atoms with Gasteiger partial charge < -0.3 is 0 Å². The molecular formula is C57H34. The first-order valence-electron chi connectivity index (χ1n) is 20.0. The minimum absolute atomic E-state index is 0.366. The molecule has 0 heterocycles. The maximum atomic E-state index is 2.51. The third-order valence-corrected chi connectivity index (χ3v) is 13.2. The molecule has 0 heteroatoms. The van der Waals surface area contributed by atoms with Gasteiger partial charge in [0.15, 0.2) is 0 Å². The van der Waals surface area contributed by atoms with Crippen LogP contribution >= 0.6 is 0 Å². The molecule has 13 rings (SSSR count). The van der Waals surface area contributed by atoms with Crippen LogP contribution in [-0.2, 0) is 5.41 Å². The number of rotatable bonds is 3. The van der Waals surface area contributed by atoms with Gasteiger partial charge in [-0.2, -0.15) is 0 Å². The van der Waals surface area contributed by atoms with Gasteiger partial charge in [-0.1, -0.05) is 188 Å². The topological polar surface area (TPSA) is 0 Å². The molecule has 2 aliphatic rings. The summed E-state index contributed by atoms with van der Waals surface area (Å²) in [4.78, 5) is 0. The van der Waals surface area contributed by atoms with E-state index in [1.54, 1.807) is 0 Å². The molecule has 0 N–H and O–H groups in total. The highest BCUT2D eigenvalue weighted by Crippen LogP contribution is 2.62. The first kappa shape index (κ1) is 31.0. The third kappa shape index (κ3) is 4.07. The van der Waals surface area contributed by atoms with Crippen LogP contribution in [0.5, 0.6) is 0 Å². The highest BCUT2D eigenvalue weighted by molar-refractivity contribution is 6.22. The number of fused-ring (bicyclic) bond motifs is 10. The number of hydrogen-bond acceptors (Lipinski definition) is 0. The Morgan fingerprint density at radius 2 is 0.702 bits per heavy atom. The SMILES string of the molecule is c1ccc2c(c1)-c1ccccc1C21c2cccc3ccc4cc(-c5ccc(-c6c7ccccc7c(-c7ccc8ccccc8c7)c7ccccc67)cc5)cc1c4c23. The lowest BCUT2D eigenvalue weighted by Crippen LogP contribution is -2.26. The summed E-state index contributed by atoms with van der Waals surface area (Å²) >= 11 is 0. The molecule has 262 valence electrons. The van der Waals surface area contributed by atoms with Crippen molar-refractivity contribution in [2.24, 2.45) is 0 Å². The second-order valence-electron chi connectivity index (χ2n) is 15.9. The summed E-state index contributed by atoms with van der Waals surface area (Å²) in [5.74, 6) is 0. The second kappa shape index (κ2) is 11.4. The summed E-state index contributed by atoms with van der Waals surface area (Å²) < 4.78 is 0. The van der Waals surface area contributed by atoms with Gasteiger partial charge in [-0.15, -0.1) is 0 Å². The Labute approximate surface area is 330 Å². The fourth-order valence-electron chi connectivity index (χ4n) is 10.9. The molecule has 0 amide bonds. The van der Waals surface area contributed by atoms with Gasteiger partial charge in [-0.25, -0.2) is 0 Å². The summed E-state index contributed by atoms with van der Waals surface area (Å²) in [6, 6.07) is 77.5. The largest absolute Gasteiger partial charge is 0.0726 e. The Morgan fingerprint density at radius 1 is 0.246 bits per heavy atom. The van der Waals surface area contributed by atoms with Crippen LogP contribution in [0.25, 0.3) is 98.4 Å². The first-order chi connectivity index (χ1) is 28.3. The number of hydrogen-bond donors (Lipinski definition) is 0.